The normalized spacial score (nSPS) is 14.6. The molecule has 0 heterocycles. The van der Waals surface area contributed by atoms with E-state index in [1.807, 2.05) is 19.1 Å². The smallest absolute Gasteiger partial charge is 0.104 e. The minimum absolute atomic E-state index is 0.346. The molecule has 0 amide bonds. The van der Waals surface area contributed by atoms with Crippen molar-refractivity contribution in [1.29, 1.82) is 0 Å². The summed E-state index contributed by atoms with van der Waals surface area (Å²) in [5, 5.41) is 11.7. The lowest BCUT2D eigenvalue weighted by molar-refractivity contribution is 0.138. The third kappa shape index (κ3) is 5.53. The molecule has 2 heteroatoms. The molecule has 0 bridgehead atoms. The molecule has 1 unspecified atom stereocenters. The lowest BCUT2D eigenvalue weighted by Crippen LogP contribution is -2.23. The highest BCUT2D eigenvalue weighted by atomic mass is 16.3. The van der Waals surface area contributed by atoms with Gasteiger partial charge in [-0.3, -0.25) is 5.32 Å². The summed E-state index contributed by atoms with van der Waals surface area (Å²) in [7, 11) is 1.75. The summed E-state index contributed by atoms with van der Waals surface area (Å²) >= 11 is 0. The highest BCUT2D eigenvalue weighted by molar-refractivity contribution is 4.77. The van der Waals surface area contributed by atoms with Gasteiger partial charge in [0.25, 0.3) is 0 Å². The monoisotopic (exact) mass is 129 g/mol. The third-order valence-electron chi connectivity index (χ3n) is 1.18. The Bertz CT molecular complexity index is 81.0. The Labute approximate surface area is 56.6 Å². The first-order chi connectivity index (χ1) is 4.31. The second kappa shape index (κ2) is 5.79. The predicted molar refractivity (Wildman–Crippen MR) is 39.1 cm³/mol. The molecule has 0 saturated heterocycles. The van der Waals surface area contributed by atoms with Crippen molar-refractivity contribution >= 4 is 0 Å². The Morgan fingerprint density at radius 3 is 2.78 bits per heavy atom. The first kappa shape index (κ1) is 8.66. The molecule has 0 spiro atoms. The van der Waals surface area contributed by atoms with Gasteiger partial charge in [0.15, 0.2) is 0 Å². The minimum atomic E-state index is -0.346. The average molecular weight is 129 g/mol. The van der Waals surface area contributed by atoms with Gasteiger partial charge in [-0.1, -0.05) is 12.2 Å². The van der Waals surface area contributed by atoms with Gasteiger partial charge in [0.1, 0.15) is 6.23 Å². The SMILES string of the molecule is CC=CCCC(O)NC. The third-order valence-corrected chi connectivity index (χ3v) is 1.18. The van der Waals surface area contributed by atoms with Crippen LogP contribution in [0.1, 0.15) is 19.8 Å². The summed E-state index contributed by atoms with van der Waals surface area (Å²) in [5.41, 5.74) is 0. The Hall–Kier alpha value is -0.340. The zero-order valence-corrected chi connectivity index (χ0v) is 6.09. The van der Waals surface area contributed by atoms with E-state index in [1.54, 1.807) is 7.05 Å². The van der Waals surface area contributed by atoms with Crippen molar-refractivity contribution in [2.75, 3.05) is 7.05 Å². The maximum Gasteiger partial charge on any atom is 0.104 e. The highest BCUT2D eigenvalue weighted by Crippen LogP contribution is 1.93. The Morgan fingerprint density at radius 2 is 2.33 bits per heavy atom. The lowest BCUT2D eigenvalue weighted by atomic mass is 10.2. The number of aliphatic hydroxyl groups is 1. The quantitative estimate of drug-likeness (QED) is 0.436. The maximum absolute atomic E-state index is 8.94. The molecule has 0 aliphatic heterocycles. The molecule has 0 aromatic rings. The predicted octanol–water partition coefficient (Wildman–Crippen LogP) is 0.881. The molecule has 2 N–H and O–H groups in total. The van der Waals surface area contributed by atoms with Crippen LogP contribution in [0.4, 0.5) is 0 Å². The first-order valence-electron chi connectivity index (χ1n) is 3.27. The van der Waals surface area contributed by atoms with Gasteiger partial charge in [-0.15, -0.1) is 0 Å². The molecule has 1 atom stereocenters. The highest BCUT2D eigenvalue weighted by Gasteiger charge is 1.94. The largest absolute Gasteiger partial charge is 0.379 e. The molecule has 0 aromatic heterocycles. The van der Waals surface area contributed by atoms with Gasteiger partial charge in [0, 0.05) is 0 Å². The van der Waals surface area contributed by atoms with Crippen LogP contribution in [-0.4, -0.2) is 18.4 Å². The van der Waals surface area contributed by atoms with Crippen LogP contribution in [0.3, 0.4) is 0 Å². The van der Waals surface area contributed by atoms with Crippen molar-refractivity contribution < 1.29 is 5.11 Å². The summed E-state index contributed by atoms with van der Waals surface area (Å²) in [6, 6.07) is 0. The van der Waals surface area contributed by atoms with E-state index in [2.05, 4.69) is 5.32 Å². The molecule has 0 aliphatic rings. The van der Waals surface area contributed by atoms with Crippen LogP contribution in [0.5, 0.6) is 0 Å². The number of nitrogens with one attached hydrogen (secondary N) is 1. The first-order valence-corrected chi connectivity index (χ1v) is 3.27. The van der Waals surface area contributed by atoms with Crippen LogP contribution in [0, 0.1) is 0 Å². The summed E-state index contributed by atoms with van der Waals surface area (Å²) in [6.45, 7) is 1.98. The fourth-order valence-corrected chi connectivity index (χ4v) is 0.565. The van der Waals surface area contributed by atoms with E-state index in [0.29, 0.717) is 0 Å². The van der Waals surface area contributed by atoms with Crippen molar-refractivity contribution in [3.8, 4) is 0 Å². The van der Waals surface area contributed by atoms with Gasteiger partial charge in [0.05, 0.1) is 0 Å². The zero-order chi connectivity index (χ0) is 7.11. The van der Waals surface area contributed by atoms with Crippen LogP contribution in [0.2, 0.25) is 0 Å². The molecular formula is C7H15NO. The number of aliphatic hydroxyl groups excluding tert-OH is 1. The van der Waals surface area contributed by atoms with E-state index < -0.39 is 0 Å². The van der Waals surface area contributed by atoms with E-state index in [-0.39, 0.29) is 6.23 Å². The van der Waals surface area contributed by atoms with Crippen molar-refractivity contribution in [1.82, 2.24) is 5.32 Å². The van der Waals surface area contributed by atoms with Crippen LogP contribution >= 0.6 is 0 Å². The van der Waals surface area contributed by atoms with E-state index in [1.165, 1.54) is 0 Å². The van der Waals surface area contributed by atoms with Crippen molar-refractivity contribution in [2.24, 2.45) is 0 Å². The molecule has 0 aliphatic carbocycles. The molecule has 0 aromatic carbocycles. The minimum Gasteiger partial charge on any atom is -0.379 e. The number of hydrogen-bond donors (Lipinski definition) is 2. The number of rotatable bonds is 4. The second-order valence-electron chi connectivity index (χ2n) is 1.95. The van der Waals surface area contributed by atoms with E-state index in [9.17, 15) is 0 Å². The Kier molecular flexibility index (Phi) is 5.57. The van der Waals surface area contributed by atoms with Crippen LogP contribution < -0.4 is 5.32 Å². The molecule has 0 fully saturated rings. The molecule has 54 valence electrons. The Morgan fingerprint density at radius 1 is 1.67 bits per heavy atom. The van der Waals surface area contributed by atoms with Gasteiger partial charge < -0.3 is 5.11 Å². The topological polar surface area (TPSA) is 32.3 Å². The molecule has 0 saturated carbocycles. The van der Waals surface area contributed by atoms with Crippen molar-refractivity contribution in [2.45, 2.75) is 26.0 Å². The number of hydrogen-bond acceptors (Lipinski definition) is 2. The Balaban J connectivity index is 3.06. The van der Waals surface area contributed by atoms with Gasteiger partial charge in [-0.2, -0.15) is 0 Å². The molecule has 2 nitrogen and oxygen atoms in total. The maximum atomic E-state index is 8.94. The zero-order valence-electron chi connectivity index (χ0n) is 6.09. The number of allylic oxidation sites excluding steroid dienone is 2. The summed E-state index contributed by atoms with van der Waals surface area (Å²) in [5.74, 6) is 0. The lowest BCUT2D eigenvalue weighted by Gasteiger charge is -2.05. The van der Waals surface area contributed by atoms with E-state index in [0.717, 1.165) is 12.8 Å². The van der Waals surface area contributed by atoms with Crippen molar-refractivity contribution in [3.63, 3.8) is 0 Å². The van der Waals surface area contributed by atoms with Gasteiger partial charge in [-0.05, 0) is 26.8 Å². The fraction of sp³-hybridized carbons (Fsp3) is 0.714. The fourth-order valence-electron chi connectivity index (χ4n) is 0.565. The molecular weight excluding hydrogens is 114 g/mol. The molecule has 0 radical (unpaired) electrons. The summed E-state index contributed by atoms with van der Waals surface area (Å²) in [6.07, 6.45) is 5.42. The second-order valence-corrected chi connectivity index (χ2v) is 1.95. The molecule has 9 heavy (non-hydrogen) atoms. The summed E-state index contributed by atoms with van der Waals surface area (Å²) < 4.78 is 0. The summed E-state index contributed by atoms with van der Waals surface area (Å²) in [4.78, 5) is 0. The van der Waals surface area contributed by atoms with Crippen LogP contribution in [-0.2, 0) is 0 Å². The molecule has 0 rings (SSSR count). The van der Waals surface area contributed by atoms with Crippen LogP contribution in [0.25, 0.3) is 0 Å². The van der Waals surface area contributed by atoms with E-state index in [4.69, 9.17) is 5.11 Å². The van der Waals surface area contributed by atoms with Gasteiger partial charge >= 0.3 is 0 Å². The standard InChI is InChI=1S/C7H15NO/c1-3-4-5-6-7(9)8-2/h3-4,7-9H,5-6H2,1-2H3. The van der Waals surface area contributed by atoms with Crippen LogP contribution in [0.15, 0.2) is 12.2 Å². The van der Waals surface area contributed by atoms with Gasteiger partial charge in [-0.25, -0.2) is 0 Å². The van der Waals surface area contributed by atoms with Crippen molar-refractivity contribution in [3.05, 3.63) is 12.2 Å². The van der Waals surface area contributed by atoms with Gasteiger partial charge in [0.2, 0.25) is 0 Å². The average Bonchev–Trinajstić information content (AvgIpc) is 1.89. The van der Waals surface area contributed by atoms with E-state index >= 15 is 0 Å².